The first kappa shape index (κ1) is 13.8. The van der Waals surface area contributed by atoms with E-state index in [0.29, 0.717) is 31.9 Å². The average Bonchev–Trinajstić information content (AvgIpc) is 2.77. The van der Waals surface area contributed by atoms with Gasteiger partial charge in [0.25, 0.3) is 10.0 Å². The summed E-state index contributed by atoms with van der Waals surface area (Å²) in [5.41, 5.74) is -0.627. The minimum atomic E-state index is -3.62. The van der Waals surface area contributed by atoms with Gasteiger partial charge in [0.15, 0.2) is 5.03 Å². The first-order valence-electron chi connectivity index (χ1n) is 5.67. The van der Waals surface area contributed by atoms with Crippen LogP contribution in [0, 0.1) is 6.92 Å². The van der Waals surface area contributed by atoms with Gasteiger partial charge in [0, 0.05) is 19.1 Å². The van der Waals surface area contributed by atoms with Crippen molar-refractivity contribution in [3.63, 3.8) is 0 Å². The zero-order valence-electron chi connectivity index (χ0n) is 10.1. The molecule has 1 saturated heterocycles. The maximum absolute atomic E-state index is 12.2. The number of imidazole rings is 1. The zero-order chi connectivity index (χ0) is 13.2. The number of alkyl halides is 1. The molecule has 2 N–H and O–H groups in total. The van der Waals surface area contributed by atoms with E-state index in [9.17, 15) is 8.42 Å². The summed E-state index contributed by atoms with van der Waals surface area (Å²) in [4.78, 5) is 6.60. The molecule has 18 heavy (non-hydrogen) atoms. The molecule has 0 amide bonds. The topological polar surface area (TPSA) is 84.1 Å². The Kier molecular flexibility index (Phi) is 3.96. The molecule has 0 radical (unpaired) electrons. The molecule has 102 valence electrons. The van der Waals surface area contributed by atoms with Gasteiger partial charge in [-0.1, -0.05) is 0 Å². The van der Waals surface area contributed by atoms with Gasteiger partial charge in [0.1, 0.15) is 5.82 Å². The van der Waals surface area contributed by atoms with Gasteiger partial charge in [0.05, 0.1) is 11.7 Å². The Morgan fingerprint density at radius 3 is 2.72 bits per heavy atom. The second-order valence-electron chi connectivity index (χ2n) is 4.46. The molecule has 0 spiro atoms. The van der Waals surface area contributed by atoms with Crippen LogP contribution in [0.25, 0.3) is 0 Å². The molecule has 2 heterocycles. The number of nitrogens with zero attached hydrogens (tertiary/aromatic N) is 1. The van der Waals surface area contributed by atoms with Gasteiger partial charge in [-0.05, 0) is 19.8 Å². The molecule has 0 atom stereocenters. The van der Waals surface area contributed by atoms with Gasteiger partial charge in [-0.25, -0.2) is 18.1 Å². The molecule has 1 aromatic rings. The zero-order valence-corrected chi connectivity index (χ0v) is 11.6. The minimum Gasteiger partial charge on any atom is -0.381 e. The monoisotopic (exact) mass is 293 g/mol. The summed E-state index contributed by atoms with van der Waals surface area (Å²) < 4.78 is 32.3. The molecular weight excluding hydrogens is 278 g/mol. The fourth-order valence-corrected chi connectivity index (χ4v) is 3.74. The van der Waals surface area contributed by atoms with Crippen LogP contribution < -0.4 is 4.72 Å². The Hall–Kier alpha value is -0.630. The van der Waals surface area contributed by atoms with Crippen LogP contribution in [0.4, 0.5) is 0 Å². The molecule has 1 aromatic heterocycles. The van der Waals surface area contributed by atoms with E-state index in [1.54, 1.807) is 6.92 Å². The highest BCUT2D eigenvalue weighted by Crippen LogP contribution is 2.24. The van der Waals surface area contributed by atoms with Crippen LogP contribution in [-0.4, -0.2) is 43.0 Å². The van der Waals surface area contributed by atoms with Crippen LogP contribution in [0.15, 0.2) is 11.2 Å². The van der Waals surface area contributed by atoms with Crippen LogP contribution >= 0.6 is 11.6 Å². The summed E-state index contributed by atoms with van der Waals surface area (Å²) in [5.74, 6) is 0.783. The lowest BCUT2D eigenvalue weighted by atomic mass is 9.94. The summed E-state index contributed by atoms with van der Waals surface area (Å²) >= 11 is 5.93. The molecule has 1 aliphatic rings. The number of aromatic nitrogens is 2. The Labute approximate surface area is 111 Å². The maximum atomic E-state index is 12.2. The van der Waals surface area contributed by atoms with Gasteiger partial charge >= 0.3 is 0 Å². The molecule has 1 fully saturated rings. The van der Waals surface area contributed by atoms with Crippen molar-refractivity contribution in [1.29, 1.82) is 0 Å². The SMILES string of the molecule is Cc1ncc(S(=O)(=O)NC2(CCl)CCOCC2)[nH]1. The van der Waals surface area contributed by atoms with Gasteiger partial charge in [-0.15, -0.1) is 11.6 Å². The predicted octanol–water partition coefficient (Wildman–Crippen LogP) is 0.784. The highest BCUT2D eigenvalue weighted by molar-refractivity contribution is 7.89. The molecule has 1 aliphatic heterocycles. The molecule has 2 rings (SSSR count). The summed E-state index contributed by atoms with van der Waals surface area (Å²) in [5, 5.41) is 0.0657. The summed E-state index contributed by atoms with van der Waals surface area (Å²) in [6, 6.07) is 0. The third-order valence-corrected chi connectivity index (χ3v) is 5.03. The Morgan fingerprint density at radius 1 is 1.56 bits per heavy atom. The van der Waals surface area contributed by atoms with E-state index in [2.05, 4.69) is 14.7 Å². The Balaban J connectivity index is 2.21. The summed E-state index contributed by atoms with van der Waals surface area (Å²) in [6.45, 7) is 2.72. The first-order chi connectivity index (χ1) is 8.47. The van der Waals surface area contributed by atoms with Crippen LogP contribution in [0.2, 0.25) is 0 Å². The molecular formula is C10H16ClN3O3S. The number of aromatic amines is 1. The molecule has 6 nitrogen and oxygen atoms in total. The standard InChI is InChI=1S/C10H16ClN3O3S/c1-8-12-6-9(13-8)18(15,16)14-10(7-11)2-4-17-5-3-10/h6,14H,2-5,7H2,1H3,(H,12,13). The number of ether oxygens (including phenoxy) is 1. The third-order valence-electron chi connectivity index (χ3n) is 3.03. The summed E-state index contributed by atoms with van der Waals surface area (Å²) in [7, 11) is -3.62. The van der Waals surface area contributed by atoms with E-state index in [1.807, 2.05) is 0 Å². The second-order valence-corrected chi connectivity index (χ2v) is 6.38. The van der Waals surface area contributed by atoms with Crippen LogP contribution in [0.3, 0.4) is 0 Å². The molecule has 8 heteroatoms. The Morgan fingerprint density at radius 2 is 2.22 bits per heavy atom. The Bertz CT molecular complexity index is 508. The van der Waals surface area contributed by atoms with Gasteiger partial charge in [-0.3, -0.25) is 0 Å². The lowest BCUT2D eigenvalue weighted by Crippen LogP contribution is -2.53. The van der Waals surface area contributed by atoms with Crippen molar-refractivity contribution in [2.24, 2.45) is 0 Å². The van der Waals surface area contributed by atoms with E-state index in [1.165, 1.54) is 6.20 Å². The van der Waals surface area contributed by atoms with E-state index >= 15 is 0 Å². The van der Waals surface area contributed by atoms with Crippen LogP contribution in [-0.2, 0) is 14.8 Å². The number of aryl methyl sites for hydroxylation is 1. The van der Waals surface area contributed by atoms with Crippen LogP contribution in [0.1, 0.15) is 18.7 Å². The van der Waals surface area contributed by atoms with E-state index in [-0.39, 0.29) is 10.9 Å². The number of hydrogen-bond acceptors (Lipinski definition) is 4. The lowest BCUT2D eigenvalue weighted by molar-refractivity contribution is 0.0549. The highest BCUT2D eigenvalue weighted by atomic mass is 35.5. The smallest absolute Gasteiger partial charge is 0.258 e. The van der Waals surface area contributed by atoms with Crippen LogP contribution in [0.5, 0.6) is 0 Å². The minimum absolute atomic E-state index is 0.0657. The lowest BCUT2D eigenvalue weighted by Gasteiger charge is -2.35. The maximum Gasteiger partial charge on any atom is 0.258 e. The number of hydrogen-bond donors (Lipinski definition) is 2. The van der Waals surface area contributed by atoms with Crippen molar-refractivity contribution in [3.8, 4) is 0 Å². The van der Waals surface area contributed by atoms with E-state index in [4.69, 9.17) is 16.3 Å². The van der Waals surface area contributed by atoms with Gasteiger partial charge in [-0.2, -0.15) is 0 Å². The van der Waals surface area contributed by atoms with Crippen molar-refractivity contribution in [2.45, 2.75) is 30.3 Å². The van der Waals surface area contributed by atoms with Crippen molar-refractivity contribution >= 4 is 21.6 Å². The molecule has 0 unspecified atom stereocenters. The summed E-state index contributed by atoms with van der Waals surface area (Å²) in [6.07, 6.45) is 2.45. The molecule has 0 bridgehead atoms. The quantitative estimate of drug-likeness (QED) is 0.804. The number of H-pyrrole nitrogens is 1. The second kappa shape index (κ2) is 5.16. The fraction of sp³-hybridized carbons (Fsp3) is 0.700. The number of sulfonamides is 1. The molecule has 0 aromatic carbocycles. The first-order valence-corrected chi connectivity index (χ1v) is 7.69. The van der Waals surface area contributed by atoms with Gasteiger partial charge < -0.3 is 9.72 Å². The van der Waals surface area contributed by atoms with Crippen molar-refractivity contribution in [3.05, 3.63) is 12.0 Å². The van der Waals surface area contributed by atoms with E-state index in [0.717, 1.165) is 0 Å². The number of nitrogens with one attached hydrogen (secondary N) is 2. The third kappa shape index (κ3) is 2.85. The molecule has 0 aliphatic carbocycles. The van der Waals surface area contributed by atoms with E-state index < -0.39 is 15.6 Å². The van der Waals surface area contributed by atoms with Crippen molar-refractivity contribution in [2.75, 3.05) is 19.1 Å². The predicted molar refractivity (Wildman–Crippen MR) is 67.2 cm³/mol. The number of halogens is 1. The van der Waals surface area contributed by atoms with Gasteiger partial charge in [0.2, 0.25) is 0 Å². The highest BCUT2D eigenvalue weighted by Gasteiger charge is 2.36. The number of rotatable bonds is 4. The average molecular weight is 294 g/mol. The normalized spacial score (nSPS) is 19.9. The molecule has 0 saturated carbocycles. The largest absolute Gasteiger partial charge is 0.381 e. The fourth-order valence-electron chi connectivity index (χ4n) is 1.90. The van der Waals surface area contributed by atoms with Crippen molar-refractivity contribution in [1.82, 2.24) is 14.7 Å². The van der Waals surface area contributed by atoms with Crippen molar-refractivity contribution < 1.29 is 13.2 Å².